The van der Waals surface area contributed by atoms with Crippen LogP contribution in [-0.4, -0.2) is 42.7 Å². The molecule has 5 aliphatic carbocycles. The number of piperidine rings is 1. The first-order valence-corrected chi connectivity index (χ1v) is 14.9. The molecular weight excluding hydrogens is 432 g/mol. The second-order valence-corrected chi connectivity index (χ2v) is 14.9. The molecule has 0 amide bonds. The van der Waals surface area contributed by atoms with Gasteiger partial charge in [-0.3, -0.25) is 4.79 Å². The number of hydrogen-bond donors (Lipinski definition) is 2. The van der Waals surface area contributed by atoms with Gasteiger partial charge in [-0.1, -0.05) is 33.3 Å². The minimum absolute atomic E-state index is 0.0137. The zero-order chi connectivity index (χ0) is 24.6. The number of allylic oxidation sites excluding steroid dienone is 2. The first kappa shape index (κ1) is 23.4. The fourth-order valence-electron chi connectivity index (χ4n) is 11.8. The van der Waals surface area contributed by atoms with Gasteiger partial charge in [0.25, 0.3) is 0 Å². The van der Waals surface area contributed by atoms with Crippen molar-refractivity contribution in [3.8, 4) is 0 Å². The average Bonchev–Trinajstić information content (AvgIpc) is 3.22. The maximum absolute atomic E-state index is 12.3. The maximum atomic E-state index is 12.3. The van der Waals surface area contributed by atoms with Crippen molar-refractivity contribution in [2.24, 2.45) is 45.8 Å². The Morgan fingerprint density at radius 3 is 2.69 bits per heavy atom. The van der Waals surface area contributed by atoms with Gasteiger partial charge in [-0.25, -0.2) is 0 Å². The summed E-state index contributed by atoms with van der Waals surface area (Å²) in [7, 11) is 2.08. The Hall–Kier alpha value is -0.710. The molecule has 35 heavy (non-hydrogen) atoms. The fraction of sp³-hybridized carbons (Fsp3) is 0.903. The van der Waals surface area contributed by atoms with Gasteiger partial charge in [0.2, 0.25) is 0 Å². The summed E-state index contributed by atoms with van der Waals surface area (Å²) in [4.78, 5) is 12.3. The van der Waals surface area contributed by atoms with Crippen LogP contribution in [0.15, 0.2) is 11.6 Å². The van der Waals surface area contributed by atoms with Gasteiger partial charge in [-0.05, 0) is 106 Å². The van der Waals surface area contributed by atoms with Crippen LogP contribution in [0.3, 0.4) is 0 Å². The van der Waals surface area contributed by atoms with E-state index >= 15 is 0 Å². The molecule has 2 saturated heterocycles. The summed E-state index contributed by atoms with van der Waals surface area (Å²) in [6.45, 7) is 13.6. The molecule has 4 saturated carbocycles. The normalized spacial score (nSPS) is 60.3. The predicted molar refractivity (Wildman–Crippen MR) is 139 cm³/mol. The highest BCUT2D eigenvalue weighted by atomic mass is 16.5. The number of nitrogens with one attached hydrogen (secondary N) is 2. The molecule has 4 heteroatoms. The van der Waals surface area contributed by atoms with E-state index in [1.54, 1.807) is 0 Å². The minimum atomic E-state index is 0.0137. The summed E-state index contributed by atoms with van der Waals surface area (Å²) in [5.41, 5.74) is 2.60. The molecule has 0 aromatic carbocycles. The largest absolute Gasteiger partial charge is 0.369 e. The number of fused-ring (bicyclic) bond motifs is 6. The molecule has 7 aliphatic rings. The lowest BCUT2D eigenvalue weighted by Gasteiger charge is -2.51. The minimum Gasteiger partial charge on any atom is -0.369 e. The van der Waals surface area contributed by atoms with Gasteiger partial charge in [0.15, 0.2) is 5.78 Å². The fourth-order valence-corrected chi connectivity index (χ4v) is 11.8. The van der Waals surface area contributed by atoms with E-state index in [1.807, 2.05) is 0 Å². The van der Waals surface area contributed by atoms with Crippen molar-refractivity contribution in [3.63, 3.8) is 0 Å². The SMILES string of the molecule is CNCC1N[C@@]2(C)[C@@H](C)[C@@]3(CCC4C5CCC6=CC(=O)CC[C@]6(C)[C@H]5CC45CC53C)O[C@@H]2C[C@@H]1C. The highest BCUT2D eigenvalue weighted by molar-refractivity contribution is 5.91. The summed E-state index contributed by atoms with van der Waals surface area (Å²) in [5.74, 6) is 4.03. The topological polar surface area (TPSA) is 50.4 Å². The highest BCUT2D eigenvalue weighted by Gasteiger charge is 2.85. The quantitative estimate of drug-likeness (QED) is 0.565. The first-order chi connectivity index (χ1) is 16.5. The molecule has 0 bridgehead atoms. The third-order valence-corrected chi connectivity index (χ3v) is 14.1. The Morgan fingerprint density at radius 1 is 1.11 bits per heavy atom. The second kappa shape index (κ2) is 7.03. The molecule has 0 aromatic heterocycles. The molecule has 12 atom stereocenters. The van der Waals surface area contributed by atoms with Crippen molar-refractivity contribution in [2.45, 2.75) is 116 Å². The highest BCUT2D eigenvalue weighted by Crippen LogP contribution is 2.87. The summed E-state index contributed by atoms with van der Waals surface area (Å²) in [6.07, 6.45) is 13.3. The van der Waals surface area contributed by atoms with Crippen LogP contribution in [0, 0.1) is 45.8 Å². The zero-order valence-electron chi connectivity index (χ0n) is 23.0. The molecule has 5 unspecified atom stereocenters. The summed E-state index contributed by atoms with van der Waals surface area (Å²) in [6, 6.07) is 0.522. The molecule has 7 rings (SSSR count). The van der Waals surface area contributed by atoms with Crippen molar-refractivity contribution in [1.82, 2.24) is 10.6 Å². The number of ketones is 1. The lowest BCUT2D eigenvalue weighted by Crippen LogP contribution is -2.65. The van der Waals surface area contributed by atoms with Gasteiger partial charge in [-0.15, -0.1) is 0 Å². The Balaban J connectivity index is 1.22. The van der Waals surface area contributed by atoms with Crippen molar-refractivity contribution in [2.75, 3.05) is 13.6 Å². The third kappa shape index (κ3) is 2.58. The third-order valence-electron chi connectivity index (χ3n) is 14.1. The number of likely N-dealkylation sites (N-methyl/N-ethyl adjacent to an activating group) is 1. The van der Waals surface area contributed by atoms with Crippen LogP contribution in [0.25, 0.3) is 0 Å². The number of rotatable bonds is 2. The second-order valence-electron chi connectivity index (χ2n) is 14.9. The Bertz CT molecular complexity index is 992. The van der Waals surface area contributed by atoms with Gasteiger partial charge < -0.3 is 15.4 Å². The number of ether oxygens (including phenoxy) is 1. The molecule has 2 aliphatic heterocycles. The smallest absolute Gasteiger partial charge is 0.155 e. The van der Waals surface area contributed by atoms with Crippen LogP contribution in [0.4, 0.5) is 0 Å². The van der Waals surface area contributed by atoms with Crippen molar-refractivity contribution < 1.29 is 9.53 Å². The van der Waals surface area contributed by atoms with Crippen molar-refractivity contribution >= 4 is 5.78 Å². The van der Waals surface area contributed by atoms with Crippen LogP contribution in [-0.2, 0) is 9.53 Å². The Labute approximate surface area is 212 Å². The Morgan fingerprint density at radius 2 is 1.91 bits per heavy atom. The summed E-state index contributed by atoms with van der Waals surface area (Å²) in [5, 5.41) is 7.58. The van der Waals surface area contributed by atoms with Crippen LogP contribution in [0.5, 0.6) is 0 Å². The molecule has 2 spiro atoms. The van der Waals surface area contributed by atoms with Gasteiger partial charge in [-0.2, -0.15) is 0 Å². The van der Waals surface area contributed by atoms with E-state index in [1.165, 1.54) is 50.5 Å². The van der Waals surface area contributed by atoms with E-state index in [9.17, 15) is 4.79 Å². The summed E-state index contributed by atoms with van der Waals surface area (Å²) >= 11 is 0. The molecule has 2 N–H and O–H groups in total. The van der Waals surface area contributed by atoms with Gasteiger partial charge in [0.1, 0.15) is 0 Å². The average molecular weight is 481 g/mol. The number of hydrogen-bond acceptors (Lipinski definition) is 4. The number of carbonyl (C=O) groups is 1. The molecule has 0 radical (unpaired) electrons. The van der Waals surface area contributed by atoms with E-state index in [0.29, 0.717) is 40.6 Å². The van der Waals surface area contributed by atoms with Crippen molar-refractivity contribution in [3.05, 3.63) is 11.6 Å². The molecule has 2 heterocycles. The molecule has 6 fully saturated rings. The number of carbonyl (C=O) groups excluding carboxylic acids is 1. The maximum Gasteiger partial charge on any atom is 0.155 e. The predicted octanol–water partition coefficient (Wildman–Crippen LogP) is 5.27. The molecule has 4 nitrogen and oxygen atoms in total. The van der Waals surface area contributed by atoms with E-state index in [4.69, 9.17) is 4.74 Å². The molecule has 194 valence electrons. The van der Waals surface area contributed by atoms with E-state index in [0.717, 1.165) is 37.1 Å². The van der Waals surface area contributed by atoms with Gasteiger partial charge in [0.05, 0.1) is 11.7 Å². The monoisotopic (exact) mass is 480 g/mol. The lowest BCUT2D eigenvalue weighted by atomic mass is 9.55. The Kier molecular flexibility index (Phi) is 4.70. The van der Waals surface area contributed by atoms with Crippen molar-refractivity contribution in [1.29, 1.82) is 0 Å². The standard InChI is InChI=1S/C31H48N2O2/c1-18-13-26-29(5,33-25(18)16-32-6)19(2)31(35-26)12-10-23-22-8-7-20-14-21(34)9-11-27(20,3)24(22)15-30(23)17-28(30,31)4/h14,18-19,22-26,32-33H,7-13,15-17H2,1-6H3/t18-,19+,22?,23?,24-,25?,26+,27-,28?,29-,30?,31+/m0/s1. The van der Waals surface area contributed by atoms with Crippen LogP contribution >= 0.6 is 0 Å². The van der Waals surface area contributed by atoms with E-state index in [-0.39, 0.29) is 16.6 Å². The van der Waals surface area contributed by atoms with E-state index in [2.05, 4.69) is 58.4 Å². The van der Waals surface area contributed by atoms with Crippen LogP contribution in [0.1, 0.15) is 92.4 Å². The van der Waals surface area contributed by atoms with E-state index < -0.39 is 0 Å². The summed E-state index contributed by atoms with van der Waals surface area (Å²) < 4.78 is 7.43. The first-order valence-electron chi connectivity index (χ1n) is 14.9. The van der Waals surface area contributed by atoms with Gasteiger partial charge >= 0.3 is 0 Å². The van der Waals surface area contributed by atoms with Gasteiger partial charge in [0, 0.05) is 35.9 Å². The molecular formula is C31H48N2O2. The van der Waals surface area contributed by atoms with Crippen LogP contribution in [0.2, 0.25) is 0 Å². The van der Waals surface area contributed by atoms with Crippen LogP contribution < -0.4 is 10.6 Å². The zero-order valence-corrected chi connectivity index (χ0v) is 23.0. The molecule has 0 aromatic rings. The lowest BCUT2D eigenvalue weighted by molar-refractivity contribution is -0.148.